The van der Waals surface area contributed by atoms with E-state index in [-0.39, 0.29) is 17.4 Å². The van der Waals surface area contributed by atoms with Gasteiger partial charge in [0.05, 0.1) is 13.2 Å². The number of hydrogen-bond acceptors (Lipinski definition) is 5. The monoisotopic (exact) mass is 489 g/mol. The summed E-state index contributed by atoms with van der Waals surface area (Å²) in [6.07, 6.45) is 0. The second-order valence-electron chi connectivity index (χ2n) is 8.73. The van der Waals surface area contributed by atoms with Crippen LogP contribution in [0, 0.1) is 13.8 Å². The number of benzene rings is 3. The summed E-state index contributed by atoms with van der Waals surface area (Å²) < 4.78 is 5.34. The van der Waals surface area contributed by atoms with Crippen LogP contribution < -0.4 is 4.74 Å². The highest BCUT2D eigenvalue weighted by Crippen LogP contribution is 2.47. The molecule has 0 unspecified atom stereocenters. The number of aryl methyl sites for hydroxylation is 2. The Morgan fingerprint density at radius 1 is 1.06 bits per heavy atom. The smallest absolute Gasteiger partial charge is 0.273 e. The van der Waals surface area contributed by atoms with E-state index < -0.39 is 6.04 Å². The Morgan fingerprint density at radius 3 is 2.51 bits per heavy atom. The van der Waals surface area contributed by atoms with Crippen molar-refractivity contribution in [3.8, 4) is 28.5 Å². The number of phenols is 2. The summed E-state index contributed by atoms with van der Waals surface area (Å²) in [5.41, 5.74) is 5.42. The maximum Gasteiger partial charge on any atom is 0.273 e. The number of ether oxygens (including phenoxy) is 1. The van der Waals surface area contributed by atoms with Crippen LogP contribution >= 0.6 is 11.6 Å². The van der Waals surface area contributed by atoms with Crippen molar-refractivity contribution in [3.63, 3.8) is 0 Å². The van der Waals surface area contributed by atoms with Crippen LogP contribution in [-0.4, -0.2) is 38.3 Å². The van der Waals surface area contributed by atoms with Crippen LogP contribution in [0.5, 0.6) is 17.2 Å². The summed E-state index contributed by atoms with van der Waals surface area (Å²) in [6, 6.07) is 15.7. The molecule has 0 fully saturated rings. The zero-order valence-electron chi connectivity index (χ0n) is 19.5. The summed E-state index contributed by atoms with van der Waals surface area (Å²) in [6.45, 7) is 4.17. The van der Waals surface area contributed by atoms with Gasteiger partial charge in [0.2, 0.25) is 0 Å². The molecule has 4 aromatic rings. The van der Waals surface area contributed by atoms with Crippen molar-refractivity contribution in [1.29, 1.82) is 0 Å². The van der Waals surface area contributed by atoms with Crippen molar-refractivity contribution in [1.82, 2.24) is 15.1 Å². The molecule has 0 radical (unpaired) electrons. The Labute approximate surface area is 207 Å². The first kappa shape index (κ1) is 22.8. The molecule has 0 bridgehead atoms. The third-order valence-corrected chi connectivity index (χ3v) is 6.80. The van der Waals surface area contributed by atoms with E-state index in [0.717, 1.165) is 22.3 Å². The molecule has 0 saturated heterocycles. The summed E-state index contributed by atoms with van der Waals surface area (Å²) in [5.74, 6) is 0.105. The molecule has 7 nitrogen and oxygen atoms in total. The number of halogens is 1. The van der Waals surface area contributed by atoms with Gasteiger partial charge in [-0.05, 0) is 54.8 Å². The highest BCUT2D eigenvalue weighted by atomic mass is 35.5. The minimum atomic E-state index is -0.540. The molecule has 1 amide bonds. The van der Waals surface area contributed by atoms with E-state index in [0.29, 0.717) is 39.8 Å². The molecule has 8 heteroatoms. The number of carbonyl (C=O) groups excluding carboxylic acids is 1. The maximum absolute atomic E-state index is 13.6. The second kappa shape index (κ2) is 8.67. The number of H-pyrrole nitrogens is 1. The minimum absolute atomic E-state index is 0.00117. The Bertz CT molecular complexity index is 1450. The normalized spacial score (nSPS) is 14.9. The van der Waals surface area contributed by atoms with Gasteiger partial charge in [-0.3, -0.25) is 9.89 Å². The highest BCUT2D eigenvalue weighted by molar-refractivity contribution is 6.31. The zero-order valence-corrected chi connectivity index (χ0v) is 20.2. The van der Waals surface area contributed by atoms with Gasteiger partial charge < -0.3 is 19.8 Å². The number of nitrogens with zero attached hydrogens (tertiary/aromatic N) is 2. The maximum atomic E-state index is 13.6. The molecule has 178 valence electrons. The lowest BCUT2D eigenvalue weighted by molar-refractivity contribution is 0.0730. The van der Waals surface area contributed by atoms with Crippen LogP contribution in [0.25, 0.3) is 11.3 Å². The standard InChI is InChI=1S/C27H24ClN3O4/c1-14-4-6-16(7-5-14)13-31-26(17-8-9-20(32)22(11-17)35-3)23-24(29-30-25(23)27(31)34)18-12-19(28)15(2)10-21(18)33/h4-12,26,32-33H,13H2,1-3H3,(H,29,30)/t26-/m0/s1. The van der Waals surface area contributed by atoms with Crippen molar-refractivity contribution in [2.75, 3.05) is 7.11 Å². The molecule has 1 aliphatic rings. The van der Waals surface area contributed by atoms with Gasteiger partial charge in [-0.25, -0.2) is 0 Å². The SMILES string of the molecule is COc1cc([C@H]2c3c(-c4cc(Cl)c(C)cc4O)n[nH]c3C(=O)N2Cc2ccc(C)cc2)ccc1O. The molecule has 1 atom stereocenters. The summed E-state index contributed by atoms with van der Waals surface area (Å²) in [7, 11) is 1.48. The van der Waals surface area contributed by atoms with Crippen molar-refractivity contribution in [3.05, 3.63) is 93.1 Å². The average molecular weight is 490 g/mol. The Hall–Kier alpha value is -3.97. The molecule has 3 N–H and O–H groups in total. The van der Waals surface area contributed by atoms with Crippen molar-refractivity contribution in [2.24, 2.45) is 0 Å². The lowest BCUT2D eigenvalue weighted by Gasteiger charge is -2.27. The van der Waals surface area contributed by atoms with Crippen LogP contribution in [0.1, 0.15) is 44.3 Å². The van der Waals surface area contributed by atoms with Crippen molar-refractivity contribution < 1.29 is 19.7 Å². The van der Waals surface area contributed by atoms with Crippen LogP contribution in [0.2, 0.25) is 5.02 Å². The number of phenolic OH excluding ortho intramolecular Hbond substituents is 2. The number of nitrogens with one attached hydrogen (secondary N) is 1. The summed E-state index contributed by atoms with van der Waals surface area (Å²) in [4.78, 5) is 15.4. The van der Waals surface area contributed by atoms with Crippen LogP contribution in [0.4, 0.5) is 0 Å². The molecule has 0 saturated carbocycles. The lowest BCUT2D eigenvalue weighted by Crippen LogP contribution is -2.29. The highest BCUT2D eigenvalue weighted by Gasteiger charge is 2.42. The molecule has 1 aliphatic heterocycles. The van der Waals surface area contributed by atoms with Gasteiger partial charge in [-0.1, -0.05) is 47.5 Å². The van der Waals surface area contributed by atoms with Gasteiger partial charge >= 0.3 is 0 Å². The third kappa shape index (κ3) is 3.88. The number of aromatic nitrogens is 2. The largest absolute Gasteiger partial charge is 0.507 e. The van der Waals surface area contributed by atoms with E-state index in [2.05, 4.69) is 10.2 Å². The number of rotatable bonds is 5. The molecule has 35 heavy (non-hydrogen) atoms. The van der Waals surface area contributed by atoms with Crippen LogP contribution in [0.3, 0.4) is 0 Å². The first-order chi connectivity index (χ1) is 16.8. The van der Waals surface area contributed by atoms with E-state index in [1.165, 1.54) is 7.11 Å². The van der Waals surface area contributed by atoms with Gasteiger partial charge in [0.1, 0.15) is 17.1 Å². The van der Waals surface area contributed by atoms with E-state index in [9.17, 15) is 15.0 Å². The number of amides is 1. The predicted octanol–water partition coefficient (Wildman–Crippen LogP) is 5.51. The molecule has 0 aliphatic carbocycles. The molecule has 5 rings (SSSR count). The predicted molar refractivity (Wildman–Crippen MR) is 133 cm³/mol. The molecule has 1 aromatic heterocycles. The van der Waals surface area contributed by atoms with Crippen LogP contribution in [-0.2, 0) is 6.54 Å². The Kier molecular flexibility index (Phi) is 5.65. The zero-order chi connectivity index (χ0) is 24.9. The number of fused-ring (bicyclic) bond motifs is 1. The minimum Gasteiger partial charge on any atom is -0.507 e. The average Bonchev–Trinajstić information content (AvgIpc) is 3.37. The fourth-order valence-electron chi connectivity index (χ4n) is 4.52. The summed E-state index contributed by atoms with van der Waals surface area (Å²) >= 11 is 6.37. The number of carbonyl (C=O) groups is 1. The topological polar surface area (TPSA) is 98.7 Å². The third-order valence-electron chi connectivity index (χ3n) is 6.39. The van der Waals surface area contributed by atoms with Gasteiger partial charge in [0.15, 0.2) is 11.5 Å². The first-order valence-electron chi connectivity index (χ1n) is 11.1. The van der Waals surface area contributed by atoms with Gasteiger partial charge in [-0.15, -0.1) is 0 Å². The van der Waals surface area contributed by atoms with E-state index in [4.69, 9.17) is 16.3 Å². The quantitative estimate of drug-likeness (QED) is 0.343. The molecular weight excluding hydrogens is 466 g/mol. The number of aromatic hydroxyl groups is 2. The van der Waals surface area contributed by atoms with E-state index in [1.54, 1.807) is 42.2 Å². The lowest BCUT2D eigenvalue weighted by atomic mass is 9.94. The summed E-state index contributed by atoms with van der Waals surface area (Å²) in [5, 5.41) is 28.7. The van der Waals surface area contributed by atoms with Crippen LogP contribution in [0.15, 0.2) is 54.6 Å². The molecular formula is C27H24ClN3O4. The number of aromatic amines is 1. The second-order valence-corrected chi connectivity index (χ2v) is 9.14. The Morgan fingerprint density at radius 2 is 1.80 bits per heavy atom. The molecule has 3 aromatic carbocycles. The van der Waals surface area contributed by atoms with E-state index >= 15 is 0 Å². The molecule has 0 spiro atoms. The van der Waals surface area contributed by atoms with Gasteiger partial charge in [-0.2, -0.15) is 5.10 Å². The first-order valence-corrected chi connectivity index (χ1v) is 11.5. The van der Waals surface area contributed by atoms with Gasteiger partial charge in [0, 0.05) is 22.7 Å². The Balaban J connectivity index is 1.69. The number of methoxy groups -OCH3 is 1. The van der Waals surface area contributed by atoms with Gasteiger partial charge in [0.25, 0.3) is 5.91 Å². The van der Waals surface area contributed by atoms with E-state index in [1.807, 2.05) is 31.2 Å². The molecule has 2 heterocycles. The fourth-order valence-corrected chi connectivity index (χ4v) is 4.69. The fraction of sp³-hybridized carbons (Fsp3) is 0.185. The number of hydrogen-bond donors (Lipinski definition) is 3. The van der Waals surface area contributed by atoms with Crippen molar-refractivity contribution >= 4 is 17.5 Å². The van der Waals surface area contributed by atoms with Crippen molar-refractivity contribution in [2.45, 2.75) is 26.4 Å².